The quantitative estimate of drug-likeness (QED) is 0.354. The molecule has 0 aromatic heterocycles. The third kappa shape index (κ3) is 1.81. The van der Waals surface area contributed by atoms with Crippen LogP contribution < -0.4 is 0 Å². The Hall–Kier alpha value is -1.39. The Morgan fingerprint density at radius 2 is 1.94 bits per heavy atom. The molecule has 1 atom stereocenters. The Bertz CT molecular complexity index is 499. The fourth-order valence-corrected chi connectivity index (χ4v) is 1.92. The zero-order valence-electron chi connectivity index (χ0n) is 7.93. The Morgan fingerprint density at radius 1 is 1.31 bits per heavy atom. The minimum Gasteiger partial charge on any atom is -0.261 e. The van der Waals surface area contributed by atoms with E-state index in [1.165, 1.54) is 6.08 Å². The Kier molecular flexibility index (Phi) is 2.69. The van der Waals surface area contributed by atoms with Gasteiger partial charge in [0.25, 0.3) is 0 Å². The van der Waals surface area contributed by atoms with Gasteiger partial charge in [-0.05, 0) is 17.2 Å². The number of allylic oxidation sites excluding steroid dienone is 1. The molecule has 2 rings (SSSR count). The molecule has 1 heterocycles. The van der Waals surface area contributed by atoms with E-state index in [1.807, 2.05) is 6.07 Å². The monoisotopic (exact) mass is 256 g/mol. The molecule has 0 saturated carbocycles. The lowest BCUT2D eigenvalue weighted by molar-refractivity contribution is -0.525. The van der Waals surface area contributed by atoms with Gasteiger partial charge in [0.15, 0.2) is 0 Å². The van der Waals surface area contributed by atoms with Gasteiger partial charge < -0.3 is 0 Å². The van der Waals surface area contributed by atoms with Gasteiger partial charge in [-0.1, -0.05) is 41.9 Å². The largest absolute Gasteiger partial charge is 0.412 e. The highest BCUT2D eigenvalue weighted by Crippen LogP contribution is 2.34. The van der Waals surface area contributed by atoms with Gasteiger partial charge in [0, 0.05) is 11.6 Å². The second-order valence-corrected chi connectivity index (χ2v) is 4.13. The molecule has 0 fully saturated rings. The van der Waals surface area contributed by atoms with E-state index in [-0.39, 0.29) is 5.17 Å². The maximum atomic E-state index is 10.7. The van der Waals surface area contributed by atoms with Crippen LogP contribution in [0, 0.1) is 10.1 Å². The van der Waals surface area contributed by atoms with Crippen LogP contribution in [0.3, 0.4) is 0 Å². The van der Waals surface area contributed by atoms with E-state index >= 15 is 0 Å². The summed E-state index contributed by atoms with van der Waals surface area (Å²) in [7, 11) is 0. The van der Waals surface area contributed by atoms with Crippen LogP contribution in [0.2, 0.25) is 0 Å². The van der Waals surface area contributed by atoms with Crippen LogP contribution in [-0.2, 0) is 0 Å². The van der Waals surface area contributed by atoms with E-state index < -0.39 is 10.0 Å². The topological polar surface area (TPSA) is 55.5 Å². The average molecular weight is 257 g/mol. The highest BCUT2D eigenvalue weighted by molar-refractivity contribution is 6.77. The summed E-state index contributed by atoms with van der Waals surface area (Å²) in [4.78, 5) is 13.7. The van der Waals surface area contributed by atoms with Crippen LogP contribution >= 0.6 is 23.2 Å². The SMILES string of the molecule is O=[N+]([O-])C1(Cl)C=C(c2ccccc2)C(Cl)=N1. The first kappa shape index (κ1) is 11.1. The van der Waals surface area contributed by atoms with Crippen molar-refractivity contribution in [3.8, 4) is 0 Å². The molecule has 16 heavy (non-hydrogen) atoms. The number of aliphatic imine (C=N–C) groups is 1. The third-order valence-corrected chi connectivity index (χ3v) is 2.77. The number of hydrogen-bond donors (Lipinski definition) is 0. The maximum absolute atomic E-state index is 10.7. The summed E-state index contributed by atoms with van der Waals surface area (Å²) in [6, 6.07) is 9.02. The number of alkyl halides is 1. The predicted molar refractivity (Wildman–Crippen MR) is 63.3 cm³/mol. The molecule has 0 bridgehead atoms. The maximum Gasteiger partial charge on any atom is 0.412 e. The molecule has 1 aromatic rings. The smallest absolute Gasteiger partial charge is 0.261 e. The van der Waals surface area contributed by atoms with Crippen molar-refractivity contribution in [1.29, 1.82) is 0 Å². The first-order valence-electron chi connectivity index (χ1n) is 4.40. The predicted octanol–water partition coefficient (Wildman–Crippen LogP) is 2.89. The van der Waals surface area contributed by atoms with Gasteiger partial charge in [0.1, 0.15) is 5.17 Å². The Balaban J connectivity index is 2.47. The zero-order chi connectivity index (χ0) is 11.8. The Morgan fingerprint density at radius 3 is 2.44 bits per heavy atom. The summed E-state index contributed by atoms with van der Waals surface area (Å²) < 4.78 is 0. The molecule has 82 valence electrons. The summed E-state index contributed by atoms with van der Waals surface area (Å²) in [5.74, 6) is 0. The van der Waals surface area contributed by atoms with Crippen molar-refractivity contribution < 1.29 is 4.92 Å². The van der Waals surface area contributed by atoms with Crippen LogP contribution in [0.15, 0.2) is 41.4 Å². The zero-order valence-corrected chi connectivity index (χ0v) is 9.44. The van der Waals surface area contributed by atoms with Crippen molar-refractivity contribution in [2.75, 3.05) is 0 Å². The standard InChI is InChI=1S/C10H6Cl2N2O2/c11-9-8(7-4-2-1-3-5-7)6-10(12,13-9)14(15)16/h1-6H. The molecule has 0 radical (unpaired) electrons. The van der Waals surface area contributed by atoms with E-state index in [0.717, 1.165) is 5.56 Å². The number of nitro groups is 1. The molecule has 0 saturated heterocycles. The molecular weight excluding hydrogens is 251 g/mol. The molecule has 0 spiro atoms. The second kappa shape index (κ2) is 3.88. The second-order valence-electron chi connectivity index (χ2n) is 3.22. The summed E-state index contributed by atoms with van der Waals surface area (Å²) in [6.07, 6.45) is 1.24. The molecule has 1 aliphatic rings. The summed E-state index contributed by atoms with van der Waals surface area (Å²) in [5.41, 5.74) is 1.23. The first-order chi connectivity index (χ1) is 7.53. The molecular formula is C10H6Cl2N2O2. The van der Waals surface area contributed by atoms with Crippen molar-refractivity contribution in [1.82, 2.24) is 0 Å². The van der Waals surface area contributed by atoms with Gasteiger partial charge in [0.05, 0.1) is 4.92 Å². The van der Waals surface area contributed by atoms with Crippen molar-refractivity contribution in [2.24, 2.45) is 4.99 Å². The molecule has 4 nitrogen and oxygen atoms in total. The van der Waals surface area contributed by atoms with Crippen LogP contribution in [0.5, 0.6) is 0 Å². The number of benzene rings is 1. The molecule has 0 aliphatic carbocycles. The molecule has 1 aliphatic heterocycles. The van der Waals surface area contributed by atoms with Crippen molar-refractivity contribution in [3.05, 3.63) is 52.1 Å². The summed E-state index contributed by atoms with van der Waals surface area (Å²) in [6.45, 7) is 0. The van der Waals surface area contributed by atoms with Crippen molar-refractivity contribution >= 4 is 33.9 Å². The molecule has 0 amide bonds. The van der Waals surface area contributed by atoms with Crippen molar-refractivity contribution in [3.63, 3.8) is 0 Å². The number of hydrogen-bond acceptors (Lipinski definition) is 3. The number of nitrogens with zero attached hydrogens (tertiary/aromatic N) is 2. The minimum absolute atomic E-state index is 0.0536. The van der Waals surface area contributed by atoms with Gasteiger partial charge in [-0.2, -0.15) is 4.99 Å². The normalized spacial score (nSPS) is 23.9. The fraction of sp³-hybridized carbons (Fsp3) is 0.100. The minimum atomic E-state index is -1.97. The number of rotatable bonds is 2. The van der Waals surface area contributed by atoms with Gasteiger partial charge in [-0.3, -0.25) is 10.1 Å². The molecule has 0 N–H and O–H groups in total. The van der Waals surface area contributed by atoms with Crippen LogP contribution in [-0.4, -0.2) is 15.2 Å². The third-order valence-electron chi connectivity index (χ3n) is 2.15. The van der Waals surface area contributed by atoms with Gasteiger partial charge in [0.2, 0.25) is 0 Å². The van der Waals surface area contributed by atoms with Crippen LogP contribution in [0.25, 0.3) is 5.57 Å². The van der Waals surface area contributed by atoms with E-state index in [4.69, 9.17) is 23.2 Å². The Labute approximate surface area is 101 Å². The molecule has 1 unspecified atom stereocenters. The average Bonchev–Trinajstić information content (AvgIpc) is 2.57. The lowest BCUT2D eigenvalue weighted by Gasteiger charge is -2.03. The first-order valence-corrected chi connectivity index (χ1v) is 5.16. The van der Waals surface area contributed by atoms with Gasteiger partial charge in [-0.25, -0.2) is 0 Å². The van der Waals surface area contributed by atoms with Crippen LogP contribution in [0.4, 0.5) is 0 Å². The van der Waals surface area contributed by atoms with Crippen molar-refractivity contribution in [2.45, 2.75) is 5.12 Å². The highest BCUT2D eigenvalue weighted by Gasteiger charge is 2.43. The van der Waals surface area contributed by atoms with E-state index in [1.54, 1.807) is 24.3 Å². The molecule has 6 heteroatoms. The number of halogens is 2. The van der Waals surface area contributed by atoms with Gasteiger partial charge in [-0.15, -0.1) is 0 Å². The summed E-state index contributed by atoms with van der Waals surface area (Å²) in [5, 5.41) is 8.79. The highest BCUT2D eigenvalue weighted by atomic mass is 35.5. The van der Waals surface area contributed by atoms with Gasteiger partial charge >= 0.3 is 5.12 Å². The van der Waals surface area contributed by atoms with E-state index in [9.17, 15) is 10.1 Å². The lowest BCUT2D eigenvalue weighted by atomic mass is 10.1. The van der Waals surface area contributed by atoms with Crippen LogP contribution in [0.1, 0.15) is 5.56 Å². The fourth-order valence-electron chi connectivity index (χ4n) is 1.39. The molecule has 1 aromatic carbocycles. The van der Waals surface area contributed by atoms with E-state index in [0.29, 0.717) is 5.57 Å². The lowest BCUT2D eigenvalue weighted by Crippen LogP contribution is -2.24. The summed E-state index contributed by atoms with van der Waals surface area (Å²) >= 11 is 11.5. The van der Waals surface area contributed by atoms with E-state index in [2.05, 4.69) is 4.99 Å².